The second-order valence-electron chi connectivity index (χ2n) is 5.43. The number of likely N-dealkylation sites (tertiary alicyclic amines) is 1. The summed E-state index contributed by atoms with van der Waals surface area (Å²) in [6.45, 7) is 8.19. The Hall–Kier alpha value is -0.870. The molecule has 1 saturated heterocycles. The molecule has 0 spiro atoms. The third-order valence-electron chi connectivity index (χ3n) is 3.95. The number of hydrogen-bond acceptors (Lipinski definition) is 3. The Morgan fingerprint density at radius 3 is 2.94 bits per heavy atom. The standard InChI is InChI=1S/C13H23N3O/c1-12-11-15(10-5-13(12,2)17)7-4-9-16-8-3-6-14-16/h3,6,8,12,17H,4-5,7,9-11H2,1-2H3/t12-,13+/m0/s1. The van der Waals surface area contributed by atoms with Crippen LogP contribution < -0.4 is 0 Å². The van der Waals surface area contributed by atoms with E-state index in [-0.39, 0.29) is 0 Å². The molecule has 0 amide bonds. The second kappa shape index (κ2) is 5.19. The molecule has 0 saturated carbocycles. The molecule has 0 aliphatic carbocycles. The minimum Gasteiger partial charge on any atom is -0.390 e. The van der Waals surface area contributed by atoms with Crippen molar-refractivity contribution >= 4 is 0 Å². The van der Waals surface area contributed by atoms with E-state index in [4.69, 9.17) is 0 Å². The lowest BCUT2D eigenvalue weighted by atomic mass is 9.84. The molecule has 17 heavy (non-hydrogen) atoms. The molecule has 0 bridgehead atoms. The molecule has 96 valence electrons. The molecule has 0 radical (unpaired) electrons. The third kappa shape index (κ3) is 3.30. The molecule has 1 aromatic rings. The van der Waals surface area contributed by atoms with Crippen LogP contribution in [0.25, 0.3) is 0 Å². The number of hydrogen-bond donors (Lipinski definition) is 1. The molecule has 1 aromatic heterocycles. The van der Waals surface area contributed by atoms with E-state index in [0.29, 0.717) is 5.92 Å². The smallest absolute Gasteiger partial charge is 0.0669 e. The van der Waals surface area contributed by atoms with E-state index in [1.165, 1.54) is 0 Å². The zero-order valence-corrected chi connectivity index (χ0v) is 10.8. The molecule has 1 aliphatic heterocycles. The molecule has 4 heteroatoms. The van der Waals surface area contributed by atoms with Gasteiger partial charge in [-0.15, -0.1) is 0 Å². The SMILES string of the molecule is C[C@H]1CN(CCCn2cccn2)CC[C@@]1(C)O. The Balaban J connectivity index is 1.71. The maximum Gasteiger partial charge on any atom is 0.0669 e. The quantitative estimate of drug-likeness (QED) is 0.860. The Morgan fingerprint density at radius 2 is 2.29 bits per heavy atom. The maximum absolute atomic E-state index is 10.1. The zero-order chi connectivity index (χ0) is 12.3. The van der Waals surface area contributed by atoms with E-state index >= 15 is 0 Å². The highest BCUT2D eigenvalue weighted by Crippen LogP contribution is 2.26. The fraction of sp³-hybridized carbons (Fsp3) is 0.769. The van der Waals surface area contributed by atoms with Crippen LogP contribution in [-0.2, 0) is 6.54 Å². The second-order valence-corrected chi connectivity index (χ2v) is 5.43. The molecular formula is C13H23N3O. The van der Waals surface area contributed by atoms with Crippen LogP contribution in [0.4, 0.5) is 0 Å². The molecule has 0 aromatic carbocycles. The van der Waals surface area contributed by atoms with Gasteiger partial charge in [0, 0.05) is 32.0 Å². The van der Waals surface area contributed by atoms with Crippen molar-refractivity contribution in [3.63, 3.8) is 0 Å². The maximum atomic E-state index is 10.1. The van der Waals surface area contributed by atoms with Gasteiger partial charge in [0.2, 0.25) is 0 Å². The van der Waals surface area contributed by atoms with Crippen LogP contribution in [0.5, 0.6) is 0 Å². The van der Waals surface area contributed by atoms with Gasteiger partial charge in [0.25, 0.3) is 0 Å². The first-order chi connectivity index (χ1) is 8.08. The molecular weight excluding hydrogens is 214 g/mol. The van der Waals surface area contributed by atoms with Gasteiger partial charge in [-0.3, -0.25) is 4.68 Å². The molecule has 2 rings (SSSR count). The monoisotopic (exact) mass is 237 g/mol. The van der Waals surface area contributed by atoms with Crippen LogP contribution in [0.2, 0.25) is 0 Å². The first kappa shape index (κ1) is 12.6. The molecule has 1 aliphatic rings. The van der Waals surface area contributed by atoms with Crippen LogP contribution >= 0.6 is 0 Å². The molecule has 1 N–H and O–H groups in total. The van der Waals surface area contributed by atoms with Crippen molar-refractivity contribution in [2.45, 2.75) is 38.8 Å². The number of rotatable bonds is 4. The van der Waals surface area contributed by atoms with Gasteiger partial charge in [-0.05, 0) is 38.3 Å². The van der Waals surface area contributed by atoms with E-state index < -0.39 is 5.60 Å². The molecule has 2 atom stereocenters. The molecule has 1 fully saturated rings. The average Bonchev–Trinajstić information content (AvgIpc) is 2.77. The summed E-state index contributed by atoms with van der Waals surface area (Å²) in [5.41, 5.74) is -0.474. The van der Waals surface area contributed by atoms with Crippen molar-refractivity contribution in [2.24, 2.45) is 5.92 Å². The lowest BCUT2D eigenvalue weighted by Crippen LogP contribution is -2.49. The van der Waals surface area contributed by atoms with Crippen LogP contribution in [-0.4, -0.2) is 45.0 Å². The summed E-state index contributed by atoms with van der Waals surface area (Å²) in [6.07, 6.45) is 5.83. The number of aliphatic hydroxyl groups is 1. The number of aryl methyl sites for hydroxylation is 1. The third-order valence-corrected chi connectivity index (χ3v) is 3.95. The number of piperidine rings is 1. The number of aromatic nitrogens is 2. The summed E-state index contributed by atoms with van der Waals surface area (Å²) in [5, 5.41) is 14.3. The lowest BCUT2D eigenvalue weighted by molar-refractivity contribution is -0.0507. The van der Waals surface area contributed by atoms with Gasteiger partial charge in [-0.2, -0.15) is 5.10 Å². The van der Waals surface area contributed by atoms with E-state index in [0.717, 1.165) is 39.0 Å². The largest absolute Gasteiger partial charge is 0.390 e. The fourth-order valence-corrected chi connectivity index (χ4v) is 2.40. The minimum atomic E-state index is -0.474. The topological polar surface area (TPSA) is 41.3 Å². The summed E-state index contributed by atoms with van der Waals surface area (Å²) >= 11 is 0. The first-order valence-corrected chi connectivity index (χ1v) is 6.50. The Morgan fingerprint density at radius 1 is 1.47 bits per heavy atom. The summed E-state index contributed by atoms with van der Waals surface area (Å²) < 4.78 is 1.98. The fourth-order valence-electron chi connectivity index (χ4n) is 2.40. The highest BCUT2D eigenvalue weighted by Gasteiger charge is 2.33. The molecule has 4 nitrogen and oxygen atoms in total. The van der Waals surface area contributed by atoms with Crippen LogP contribution in [0.3, 0.4) is 0 Å². The molecule has 0 unspecified atom stereocenters. The normalized spacial score (nSPS) is 30.6. The van der Waals surface area contributed by atoms with Crippen molar-refractivity contribution in [2.75, 3.05) is 19.6 Å². The average molecular weight is 237 g/mol. The Bertz CT molecular complexity index is 334. The van der Waals surface area contributed by atoms with Gasteiger partial charge in [-0.1, -0.05) is 6.92 Å². The van der Waals surface area contributed by atoms with Gasteiger partial charge < -0.3 is 10.0 Å². The number of nitrogens with zero attached hydrogens (tertiary/aromatic N) is 3. The van der Waals surface area contributed by atoms with Gasteiger partial charge >= 0.3 is 0 Å². The Labute approximate surface area is 103 Å². The predicted octanol–water partition coefficient (Wildman–Crippen LogP) is 1.37. The van der Waals surface area contributed by atoms with Gasteiger partial charge in [0.1, 0.15) is 0 Å². The van der Waals surface area contributed by atoms with E-state index in [9.17, 15) is 5.11 Å². The van der Waals surface area contributed by atoms with Crippen molar-refractivity contribution in [3.05, 3.63) is 18.5 Å². The zero-order valence-electron chi connectivity index (χ0n) is 10.8. The van der Waals surface area contributed by atoms with Crippen molar-refractivity contribution in [1.29, 1.82) is 0 Å². The van der Waals surface area contributed by atoms with Gasteiger partial charge in [-0.25, -0.2) is 0 Å². The summed E-state index contributed by atoms with van der Waals surface area (Å²) in [4.78, 5) is 2.45. The summed E-state index contributed by atoms with van der Waals surface area (Å²) in [5.74, 6) is 0.362. The van der Waals surface area contributed by atoms with E-state index in [2.05, 4.69) is 16.9 Å². The summed E-state index contributed by atoms with van der Waals surface area (Å²) in [6, 6.07) is 1.96. The van der Waals surface area contributed by atoms with E-state index in [1.54, 1.807) is 0 Å². The van der Waals surface area contributed by atoms with Crippen LogP contribution in [0, 0.1) is 5.92 Å². The van der Waals surface area contributed by atoms with Crippen molar-refractivity contribution in [3.8, 4) is 0 Å². The van der Waals surface area contributed by atoms with E-state index in [1.807, 2.05) is 30.1 Å². The highest BCUT2D eigenvalue weighted by atomic mass is 16.3. The van der Waals surface area contributed by atoms with Gasteiger partial charge in [0.15, 0.2) is 0 Å². The first-order valence-electron chi connectivity index (χ1n) is 6.50. The van der Waals surface area contributed by atoms with Crippen LogP contribution in [0.15, 0.2) is 18.5 Å². The predicted molar refractivity (Wildman–Crippen MR) is 67.7 cm³/mol. The summed E-state index contributed by atoms with van der Waals surface area (Å²) in [7, 11) is 0. The lowest BCUT2D eigenvalue weighted by Gasteiger charge is -2.41. The van der Waals surface area contributed by atoms with Crippen molar-refractivity contribution < 1.29 is 5.11 Å². The molecule has 2 heterocycles. The Kier molecular flexibility index (Phi) is 3.84. The highest BCUT2D eigenvalue weighted by molar-refractivity contribution is 4.87. The van der Waals surface area contributed by atoms with Gasteiger partial charge in [0.05, 0.1) is 5.60 Å². The minimum absolute atomic E-state index is 0.362. The van der Waals surface area contributed by atoms with Crippen LogP contribution in [0.1, 0.15) is 26.7 Å². The van der Waals surface area contributed by atoms with Crippen molar-refractivity contribution in [1.82, 2.24) is 14.7 Å².